The minimum atomic E-state index is -0.375. The molecule has 0 aromatic rings. The largest absolute Gasteiger partial charge is 0.377 e. The van der Waals surface area contributed by atoms with Crippen LogP contribution in [0.5, 0.6) is 0 Å². The zero-order chi connectivity index (χ0) is 17.5. The lowest BCUT2D eigenvalue weighted by atomic mass is 9.81. The Morgan fingerprint density at radius 3 is 2.46 bits per heavy atom. The highest BCUT2D eigenvalue weighted by Crippen LogP contribution is 2.33. The van der Waals surface area contributed by atoms with Crippen LogP contribution in [-0.2, 0) is 14.3 Å². The van der Waals surface area contributed by atoms with Gasteiger partial charge in [0.05, 0.1) is 25.0 Å². The third-order valence-electron chi connectivity index (χ3n) is 5.42. The second-order valence-electron chi connectivity index (χ2n) is 7.45. The Bertz CT molecular complexity index is 575. The molecule has 2 saturated heterocycles. The number of rotatable bonds is 3. The number of urea groups is 1. The fraction of sp³-hybridized carbons (Fsp3) is 0.706. The van der Waals surface area contributed by atoms with Gasteiger partial charge in [-0.25, -0.2) is 4.79 Å². The van der Waals surface area contributed by atoms with Gasteiger partial charge in [0.25, 0.3) is 0 Å². The molecule has 0 aromatic carbocycles. The van der Waals surface area contributed by atoms with Crippen LogP contribution in [-0.4, -0.2) is 67.5 Å². The van der Waals surface area contributed by atoms with Crippen molar-refractivity contribution >= 4 is 17.8 Å². The molecule has 7 heteroatoms. The van der Waals surface area contributed by atoms with Gasteiger partial charge in [-0.1, -0.05) is 25.5 Å². The van der Waals surface area contributed by atoms with E-state index in [2.05, 4.69) is 25.2 Å². The van der Waals surface area contributed by atoms with Crippen molar-refractivity contribution in [1.82, 2.24) is 15.1 Å². The second kappa shape index (κ2) is 6.20. The molecule has 3 rings (SSSR count). The van der Waals surface area contributed by atoms with E-state index in [1.807, 2.05) is 0 Å². The quantitative estimate of drug-likeness (QED) is 0.606. The van der Waals surface area contributed by atoms with Gasteiger partial charge in [0, 0.05) is 32.1 Å². The number of carbonyl (C=O) groups excluding carboxylic acids is 3. The molecule has 3 aliphatic heterocycles. The first-order valence-electron chi connectivity index (χ1n) is 8.42. The highest BCUT2D eigenvalue weighted by molar-refractivity contribution is 6.06. The number of imide groups is 1. The molecule has 2 atom stereocenters. The van der Waals surface area contributed by atoms with Crippen molar-refractivity contribution < 1.29 is 19.1 Å². The maximum absolute atomic E-state index is 12.4. The van der Waals surface area contributed by atoms with Crippen LogP contribution in [0.4, 0.5) is 4.79 Å². The SMILES string of the molecule is CN1C(=O)[C@H]2CN(C(=O)NCC(C)(C)C3=CCOCC3)C[C@H]2C1=O. The summed E-state index contributed by atoms with van der Waals surface area (Å²) in [5, 5.41) is 2.96. The number of carbonyl (C=O) groups is 3. The van der Waals surface area contributed by atoms with E-state index >= 15 is 0 Å². The Balaban J connectivity index is 1.56. The van der Waals surface area contributed by atoms with Gasteiger partial charge in [-0.05, 0) is 6.42 Å². The highest BCUT2D eigenvalue weighted by atomic mass is 16.5. The monoisotopic (exact) mass is 335 g/mol. The van der Waals surface area contributed by atoms with Gasteiger partial charge in [0.1, 0.15) is 0 Å². The van der Waals surface area contributed by atoms with Crippen molar-refractivity contribution in [3.63, 3.8) is 0 Å². The first kappa shape index (κ1) is 17.0. The molecule has 4 amide bonds. The van der Waals surface area contributed by atoms with Crippen LogP contribution in [0.3, 0.4) is 0 Å². The van der Waals surface area contributed by atoms with Gasteiger partial charge >= 0.3 is 6.03 Å². The summed E-state index contributed by atoms with van der Waals surface area (Å²) >= 11 is 0. The Morgan fingerprint density at radius 1 is 1.29 bits per heavy atom. The summed E-state index contributed by atoms with van der Waals surface area (Å²) in [5.41, 5.74) is 1.15. The molecular weight excluding hydrogens is 310 g/mol. The van der Waals surface area contributed by atoms with Crippen LogP contribution in [0, 0.1) is 17.3 Å². The summed E-state index contributed by atoms with van der Waals surface area (Å²) in [7, 11) is 1.51. The average molecular weight is 335 g/mol. The van der Waals surface area contributed by atoms with Crippen molar-refractivity contribution in [2.24, 2.45) is 17.3 Å². The van der Waals surface area contributed by atoms with Crippen LogP contribution in [0.15, 0.2) is 11.6 Å². The first-order chi connectivity index (χ1) is 11.3. The Kier molecular flexibility index (Phi) is 4.38. The Labute approximate surface area is 142 Å². The number of nitrogens with one attached hydrogen (secondary N) is 1. The molecule has 0 radical (unpaired) electrons. The van der Waals surface area contributed by atoms with Gasteiger partial charge in [-0.2, -0.15) is 0 Å². The van der Waals surface area contributed by atoms with E-state index < -0.39 is 0 Å². The third kappa shape index (κ3) is 2.92. The van der Waals surface area contributed by atoms with E-state index in [1.165, 1.54) is 17.5 Å². The van der Waals surface area contributed by atoms with Crippen molar-refractivity contribution in [1.29, 1.82) is 0 Å². The number of nitrogens with zero attached hydrogens (tertiary/aromatic N) is 2. The lowest BCUT2D eigenvalue weighted by Gasteiger charge is -2.31. The number of hydrogen-bond acceptors (Lipinski definition) is 4. The van der Waals surface area contributed by atoms with Crippen LogP contribution >= 0.6 is 0 Å². The van der Waals surface area contributed by atoms with Gasteiger partial charge in [-0.15, -0.1) is 0 Å². The molecular formula is C17H25N3O4. The summed E-state index contributed by atoms with van der Waals surface area (Å²) in [6.45, 7) is 6.71. The molecule has 3 aliphatic rings. The summed E-state index contributed by atoms with van der Waals surface area (Å²) in [6.07, 6.45) is 2.97. The van der Waals surface area contributed by atoms with Crippen molar-refractivity contribution in [2.75, 3.05) is 39.9 Å². The fourth-order valence-electron chi connectivity index (χ4n) is 3.74. The smallest absolute Gasteiger partial charge is 0.317 e. The normalized spacial score (nSPS) is 27.4. The number of likely N-dealkylation sites (tertiary alicyclic amines) is 2. The topological polar surface area (TPSA) is 79.0 Å². The van der Waals surface area contributed by atoms with Gasteiger partial charge in [0.15, 0.2) is 0 Å². The van der Waals surface area contributed by atoms with Gasteiger partial charge in [0.2, 0.25) is 11.8 Å². The molecule has 2 fully saturated rings. The standard InChI is InChI=1S/C17H25N3O4/c1-17(2,11-4-6-24-7-5-11)10-18-16(23)20-8-12-13(9-20)15(22)19(3)14(12)21/h4,12-13H,5-10H2,1-3H3,(H,18,23)/t12-,13+. The molecule has 3 heterocycles. The minimum absolute atomic E-state index is 0.138. The van der Waals surface area contributed by atoms with Crippen LogP contribution < -0.4 is 5.32 Å². The van der Waals surface area contributed by atoms with Crippen LogP contribution in [0.25, 0.3) is 0 Å². The minimum Gasteiger partial charge on any atom is -0.377 e. The summed E-state index contributed by atoms with van der Waals surface area (Å²) in [5.74, 6) is -1.10. The van der Waals surface area contributed by atoms with Crippen molar-refractivity contribution in [2.45, 2.75) is 20.3 Å². The fourth-order valence-corrected chi connectivity index (χ4v) is 3.74. The maximum Gasteiger partial charge on any atom is 0.317 e. The molecule has 0 aromatic heterocycles. The molecule has 0 unspecified atom stereocenters. The van der Waals surface area contributed by atoms with Gasteiger partial charge in [-0.3, -0.25) is 14.5 Å². The summed E-state index contributed by atoms with van der Waals surface area (Å²) in [6, 6.07) is -0.201. The van der Waals surface area contributed by atoms with E-state index in [1.54, 1.807) is 4.90 Å². The van der Waals surface area contributed by atoms with E-state index in [9.17, 15) is 14.4 Å². The second-order valence-corrected chi connectivity index (χ2v) is 7.45. The molecule has 24 heavy (non-hydrogen) atoms. The Morgan fingerprint density at radius 2 is 1.92 bits per heavy atom. The summed E-state index contributed by atoms with van der Waals surface area (Å²) < 4.78 is 5.33. The third-order valence-corrected chi connectivity index (χ3v) is 5.42. The lowest BCUT2D eigenvalue weighted by molar-refractivity contribution is -0.138. The molecule has 7 nitrogen and oxygen atoms in total. The number of ether oxygens (including phenoxy) is 1. The number of fused-ring (bicyclic) bond motifs is 1. The lowest BCUT2D eigenvalue weighted by Crippen LogP contribution is -2.45. The van der Waals surface area contributed by atoms with E-state index in [4.69, 9.17) is 4.74 Å². The predicted octanol–water partition coefficient (Wildman–Crippen LogP) is 0.615. The van der Waals surface area contributed by atoms with E-state index in [0.717, 1.165) is 13.0 Å². The van der Waals surface area contributed by atoms with E-state index in [-0.39, 0.29) is 35.1 Å². The van der Waals surface area contributed by atoms with E-state index in [0.29, 0.717) is 26.2 Å². The molecule has 0 bridgehead atoms. The first-order valence-corrected chi connectivity index (χ1v) is 8.42. The number of hydrogen-bond donors (Lipinski definition) is 1. The summed E-state index contributed by atoms with van der Waals surface area (Å²) in [4.78, 5) is 39.2. The van der Waals surface area contributed by atoms with Crippen LogP contribution in [0.2, 0.25) is 0 Å². The molecule has 0 aliphatic carbocycles. The van der Waals surface area contributed by atoms with Gasteiger partial charge < -0.3 is 15.0 Å². The van der Waals surface area contributed by atoms with Crippen molar-refractivity contribution in [3.05, 3.63) is 11.6 Å². The Hall–Kier alpha value is -1.89. The van der Waals surface area contributed by atoms with Crippen molar-refractivity contribution in [3.8, 4) is 0 Å². The molecule has 0 saturated carbocycles. The zero-order valence-corrected chi connectivity index (χ0v) is 14.5. The maximum atomic E-state index is 12.4. The molecule has 0 spiro atoms. The molecule has 132 valence electrons. The van der Waals surface area contributed by atoms with Crippen LogP contribution in [0.1, 0.15) is 20.3 Å². The average Bonchev–Trinajstić information content (AvgIpc) is 3.10. The predicted molar refractivity (Wildman–Crippen MR) is 87.0 cm³/mol. The highest BCUT2D eigenvalue weighted by Gasteiger charge is 2.52. The molecule has 1 N–H and O–H groups in total. The number of amides is 4. The zero-order valence-electron chi connectivity index (χ0n) is 14.5.